The molecule has 4 rings (SSSR count). The molecule has 0 spiro atoms. The molecule has 2 aromatic carbocycles. The summed E-state index contributed by atoms with van der Waals surface area (Å²) in [5.74, 6) is 0.896. The van der Waals surface area contributed by atoms with Gasteiger partial charge in [0.1, 0.15) is 0 Å². The van der Waals surface area contributed by atoms with Crippen LogP contribution in [0.1, 0.15) is 22.0 Å². The first kappa shape index (κ1) is 19.0. The highest BCUT2D eigenvalue weighted by molar-refractivity contribution is 7.89. The molecule has 3 aromatic rings. The first-order chi connectivity index (χ1) is 13.6. The highest BCUT2D eigenvalue weighted by Crippen LogP contribution is 2.41. The van der Waals surface area contributed by atoms with E-state index in [0.29, 0.717) is 24.5 Å². The van der Waals surface area contributed by atoms with E-state index in [4.69, 9.17) is 9.47 Å². The Labute approximate surface area is 169 Å². The molecule has 1 unspecified atom stereocenters. The van der Waals surface area contributed by atoms with Crippen LogP contribution in [-0.2, 0) is 16.4 Å². The second-order valence-electron chi connectivity index (χ2n) is 6.49. The molecule has 1 aromatic heterocycles. The van der Waals surface area contributed by atoms with Crippen LogP contribution >= 0.6 is 11.3 Å². The Morgan fingerprint density at radius 3 is 2.46 bits per heavy atom. The van der Waals surface area contributed by atoms with Gasteiger partial charge in [-0.1, -0.05) is 30.3 Å². The Balaban J connectivity index is 1.82. The number of fused-ring (bicyclic) bond motifs is 1. The molecule has 5 nitrogen and oxygen atoms in total. The molecule has 1 aliphatic heterocycles. The van der Waals surface area contributed by atoms with Crippen molar-refractivity contribution < 1.29 is 17.9 Å². The van der Waals surface area contributed by atoms with Crippen LogP contribution in [0.5, 0.6) is 11.5 Å². The van der Waals surface area contributed by atoms with Crippen LogP contribution < -0.4 is 9.47 Å². The van der Waals surface area contributed by atoms with E-state index in [2.05, 4.69) is 0 Å². The van der Waals surface area contributed by atoms with Gasteiger partial charge in [0.15, 0.2) is 11.5 Å². The summed E-state index contributed by atoms with van der Waals surface area (Å²) in [5, 5.41) is 2.03. The molecule has 1 aliphatic rings. The van der Waals surface area contributed by atoms with Crippen molar-refractivity contribution >= 4 is 21.4 Å². The lowest BCUT2D eigenvalue weighted by Crippen LogP contribution is -2.40. The summed E-state index contributed by atoms with van der Waals surface area (Å²) < 4.78 is 39.4. The third-order valence-corrected chi connectivity index (χ3v) is 7.86. The van der Waals surface area contributed by atoms with Crippen molar-refractivity contribution in [3.8, 4) is 11.5 Å². The number of rotatable bonds is 5. The molecule has 2 heterocycles. The van der Waals surface area contributed by atoms with Gasteiger partial charge in [-0.25, -0.2) is 8.42 Å². The summed E-state index contributed by atoms with van der Waals surface area (Å²) >= 11 is 1.69. The highest BCUT2D eigenvalue weighted by Gasteiger charge is 2.38. The van der Waals surface area contributed by atoms with Crippen LogP contribution in [0.2, 0.25) is 0 Å². The zero-order valence-corrected chi connectivity index (χ0v) is 17.3. The van der Waals surface area contributed by atoms with E-state index < -0.39 is 10.0 Å². The highest BCUT2D eigenvalue weighted by atomic mass is 32.2. The molecule has 0 N–H and O–H groups in total. The molecule has 7 heteroatoms. The number of thiophene rings is 1. The van der Waals surface area contributed by atoms with Crippen LogP contribution in [-0.4, -0.2) is 33.5 Å². The van der Waals surface area contributed by atoms with Gasteiger partial charge in [0, 0.05) is 17.5 Å². The topological polar surface area (TPSA) is 55.8 Å². The van der Waals surface area contributed by atoms with Crippen LogP contribution in [0.25, 0.3) is 0 Å². The molecule has 0 aliphatic carbocycles. The number of sulfonamides is 1. The Morgan fingerprint density at radius 1 is 1.00 bits per heavy atom. The molecule has 0 saturated carbocycles. The minimum absolute atomic E-state index is 0.199. The van der Waals surface area contributed by atoms with Gasteiger partial charge in [0.2, 0.25) is 10.0 Å². The number of methoxy groups -OCH3 is 2. The molecule has 0 bridgehead atoms. The van der Waals surface area contributed by atoms with Gasteiger partial charge in [-0.3, -0.25) is 0 Å². The fraction of sp³-hybridized carbons (Fsp3) is 0.238. The maximum absolute atomic E-state index is 13.6. The Morgan fingerprint density at radius 2 is 1.75 bits per heavy atom. The summed E-state index contributed by atoms with van der Waals surface area (Å²) in [7, 11) is -0.708. The van der Waals surface area contributed by atoms with Crippen LogP contribution in [0.4, 0.5) is 0 Å². The third-order valence-electron chi connectivity index (χ3n) is 5.00. The first-order valence-electron chi connectivity index (χ1n) is 8.91. The number of hydrogen-bond donors (Lipinski definition) is 0. The quantitative estimate of drug-likeness (QED) is 0.630. The SMILES string of the molecule is COc1ccc(S(=O)(=O)N2CCc3sccc3C2c2ccccc2)cc1OC. The van der Waals surface area contributed by atoms with Gasteiger partial charge in [-0.2, -0.15) is 4.31 Å². The zero-order chi connectivity index (χ0) is 19.7. The van der Waals surface area contributed by atoms with E-state index in [1.165, 1.54) is 25.2 Å². The van der Waals surface area contributed by atoms with Crippen molar-refractivity contribution in [1.82, 2.24) is 4.31 Å². The summed E-state index contributed by atoms with van der Waals surface area (Å²) in [4.78, 5) is 1.44. The minimum atomic E-state index is -3.74. The van der Waals surface area contributed by atoms with Crippen molar-refractivity contribution in [1.29, 1.82) is 0 Å². The van der Waals surface area contributed by atoms with E-state index in [1.807, 2.05) is 41.8 Å². The zero-order valence-electron chi connectivity index (χ0n) is 15.7. The van der Waals surface area contributed by atoms with E-state index in [-0.39, 0.29) is 10.9 Å². The van der Waals surface area contributed by atoms with Gasteiger partial charge in [-0.15, -0.1) is 11.3 Å². The van der Waals surface area contributed by atoms with Crippen molar-refractivity contribution in [3.63, 3.8) is 0 Å². The average Bonchev–Trinajstić information content (AvgIpc) is 3.22. The summed E-state index contributed by atoms with van der Waals surface area (Å²) in [6.45, 7) is 0.434. The van der Waals surface area contributed by atoms with Crippen molar-refractivity contribution in [3.05, 3.63) is 76.0 Å². The fourth-order valence-corrected chi connectivity index (χ4v) is 6.16. The Kier molecular flexibility index (Phi) is 5.14. The summed E-state index contributed by atoms with van der Waals surface area (Å²) in [6.07, 6.45) is 0.711. The molecule has 1 atom stereocenters. The maximum Gasteiger partial charge on any atom is 0.244 e. The van der Waals surface area contributed by atoms with Gasteiger partial charge >= 0.3 is 0 Å². The number of benzene rings is 2. The van der Waals surface area contributed by atoms with E-state index in [1.54, 1.807) is 27.8 Å². The first-order valence-corrected chi connectivity index (χ1v) is 11.2. The average molecular weight is 416 g/mol. The lowest BCUT2D eigenvalue weighted by Gasteiger charge is -2.35. The van der Waals surface area contributed by atoms with Crippen LogP contribution in [0, 0.1) is 0 Å². The van der Waals surface area contributed by atoms with Gasteiger partial charge in [0.25, 0.3) is 0 Å². The van der Waals surface area contributed by atoms with Gasteiger partial charge in [-0.05, 0) is 41.1 Å². The number of hydrogen-bond acceptors (Lipinski definition) is 5. The van der Waals surface area contributed by atoms with Crippen molar-refractivity contribution in [2.24, 2.45) is 0 Å². The molecule has 0 saturated heterocycles. The van der Waals surface area contributed by atoms with E-state index in [9.17, 15) is 8.42 Å². The normalized spacial score (nSPS) is 17.1. The third kappa shape index (κ3) is 3.19. The van der Waals surface area contributed by atoms with Gasteiger partial charge in [0.05, 0.1) is 25.2 Å². The van der Waals surface area contributed by atoms with Crippen molar-refractivity contribution in [2.45, 2.75) is 17.4 Å². The molecule has 28 heavy (non-hydrogen) atoms. The molecular formula is C21H21NO4S2. The molecular weight excluding hydrogens is 394 g/mol. The van der Waals surface area contributed by atoms with Crippen LogP contribution in [0.15, 0.2) is 64.9 Å². The maximum atomic E-state index is 13.6. The Hall–Kier alpha value is -2.35. The monoisotopic (exact) mass is 415 g/mol. The van der Waals surface area contributed by atoms with E-state index >= 15 is 0 Å². The largest absolute Gasteiger partial charge is 0.493 e. The lowest BCUT2D eigenvalue weighted by atomic mass is 9.95. The van der Waals surface area contributed by atoms with Crippen molar-refractivity contribution in [2.75, 3.05) is 20.8 Å². The molecule has 0 amide bonds. The molecule has 0 fully saturated rings. The fourth-order valence-electron chi connectivity index (χ4n) is 3.65. The number of ether oxygens (including phenoxy) is 2. The van der Waals surface area contributed by atoms with E-state index in [0.717, 1.165) is 11.1 Å². The second-order valence-corrected chi connectivity index (χ2v) is 9.39. The second kappa shape index (κ2) is 7.58. The minimum Gasteiger partial charge on any atom is -0.493 e. The smallest absolute Gasteiger partial charge is 0.244 e. The standard InChI is InChI=1S/C21H21NO4S2/c1-25-18-9-8-16(14-19(18)26-2)28(23,24)22-12-10-20-17(11-13-27-20)21(22)15-6-4-3-5-7-15/h3-9,11,13-14,21H,10,12H2,1-2H3. The molecule has 0 radical (unpaired) electrons. The number of nitrogens with zero attached hydrogens (tertiary/aromatic N) is 1. The summed E-state index contributed by atoms with van der Waals surface area (Å²) in [6, 6.07) is 16.2. The lowest BCUT2D eigenvalue weighted by molar-refractivity contribution is 0.343. The van der Waals surface area contributed by atoms with Gasteiger partial charge < -0.3 is 9.47 Å². The summed E-state index contributed by atoms with van der Waals surface area (Å²) in [5.41, 5.74) is 2.03. The predicted molar refractivity (Wildman–Crippen MR) is 110 cm³/mol. The Bertz CT molecular complexity index is 1080. The molecule has 146 valence electrons. The predicted octanol–water partition coefficient (Wildman–Crippen LogP) is 4.10. The van der Waals surface area contributed by atoms with Crippen LogP contribution in [0.3, 0.4) is 0 Å².